The zero-order chi connectivity index (χ0) is 15.6. The summed E-state index contributed by atoms with van der Waals surface area (Å²) in [5, 5.41) is 12.0. The van der Waals surface area contributed by atoms with Gasteiger partial charge < -0.3 is 15.2 Å². The molecule has 0 radical (unpaired) electrons. The molecule has 1 aliphatic rings. The van der Waals surface area contributed by atoms with Gasteiger partial charge in [0, 0.05) is 12.8 Å². The molecule has 2 rings (SSSR count). The van der Waals surface area contributed by atoms with Gasteiger partial charge in [0.25, 0.3) is 0 Å². The van der Waals surface area contributed by atoms with Crippen LogP contribution >= 0.6 is 0 Å². The van der Waals surface area contributed by atoms with Crippen molar-refractivity contribution in [2.75, 3.05) is 12.4 Å². The summed E-state index contributed by atoms with van der Waals surface area (Å²) in [6, 6.07) is 3.29. The second-order valence-corrected chi connectivity index (χ2v) is 5.74. The highest BCUT2D eigenvalue weighted by molar-refractivity contribution is 5.95. The molecule has 0 aromatic heterocycles. The van der Waals surface area contributed by atoms with E-state index in [1.807, 2.05) is 6.92 Å². The number of methoxy groups -OCH3 is 1. The van der Waals surface area contributed by atoms with E-state index in [-0.39, 0.29) is 17.1 Å². The van der Waals surface area contributed by atoms with Gasteiger partial charge in [-0.15, -0.1) is 0 Å². The topological polar surface area (TPSA) is 75.6 Å². The summed E-state index contributed by atoms with van der Waals surface area (Å²) in [5.41, 5.74) is 1.96. The van der Waals surface area contributed by atoms with E-state index in [0.29, 0.717) is 17.7 Å². The molecule has 0 bridgehead atoms. The Morgan fingerprint density at radius 2 is 2.00 bits per heavy atom. The Kier molecular flexibility index (Phi) is 4.32. The highest BCUT2D eigenvalue weighted by atomic mass is 16.5. The van der Waals surface area contributed by atoms with Gasteiger partial charge in [-0.3, -0.25) is 4.79 Å². The monoisotopic (exact) mass is 291 g/mol. The van der Waals surface area contributed by atoms with E-state index in [1.54, 1.807) is 20.1 Å². The minimum Gasteiger partial charge on any atom is -0.478 e. The number of hydrogen-bond acceptors (Lipinski definition) is 3. The maximum Gasteiger partial charge on any atom is 0.336 e. The van der Waals surface area contributed by atoms with Gasteiger partial charge >= 0.3 is 5.97 Å². The third kappa shape index (κ3) is 3.24. The van der Waals surface area contributed by atoms with Crippen molar-refractivity contribution in [3.63, 3.8) is 0 Å². The Hall–Kier alpha value is -1.88. The van der Waals surface area contributed by atoms with Crippen LogP contribution in [0.1, 0.15) is 47.2 Å². The smallest absolute Gasteiger partial charge is 0.336 e. The average Bonchev–Trinajstić information content (AvgIpc) is 2.37. The quantitative estimate of drug-likeness (QED) is 0.874. The molecule has 0 heterocycles. The van der Waals surface area contributed by atoms with Gasteiger partial charge in [0.2, 0.25) is 5.91 Å². The van der Waals surface area contributed by atoms with E-state index in [1.165, 1.54) is 6.07 Å². The number of hydrogen-bond donors (Lipinski definition) is 2. The van der Waals surface area contributed by atoms with Crippen LogP contribution in [0.15, 0.2) is 12.1 Å². The zero-order valence-electron chi connectivity index (χ0n) is 12.7. The average molecular weight is 291 g/mol. The predicted molar refractivity (Wildman–Crippen MR) is 79.7 cm³/mol. The minimum atomic E-state index is -0.987. The maximum atomic E-state index is 12.1. The fraction of sp³-hybridized carbons (Fsp3) is 0.500. The van der Waals surface area contributed by atoms with E-state index in [9.17, 15) is 14.7 Å². The largest absolute Gasteiger partial charge is 0.478 e. The molecule has 5 nitrogen and oxygen atoms in total. The number of ether oxygens (including phenoxy) is 1. The van der Waals surface area contributed by atoms with E-state index < -0.39 is 5.97 Å². The van der Waals surface area contributed by atoms with Crippen molar-refractivity contribution in [2.45, 2.75) is 45.1 Å². The lowest BCUT2D eigenvalue weighted by Gasteiger charge is -2.39. The number of benzene rings is 1. The summed E-state index contributed by atoms with van der Waals surface area (Å²) in [5.74, 6) is -1.13. The van der Waals surface area contributed by atoms with Crippen LogP contribution in [0.5, 0.6) is 0 Å². The van der Waals surface area contributed by atoms with E-state index in [0.717, 1.165) is 24.8 Å². The van der Waals surface area contributed by atoms with Gasteiger partial charge in [0.05, 0.1) is 17.6 Å². The third-order valence-corrected chi connectivity index (χ3v) is 4.36. The fourth-order valence-corrected chi connectivity index (χ4v) is 2.68. The van der Waals surface area contributed by atoms with Crippen molar-refractivity contribution < 1.29 is 19.4 Å². The first-order valence-corrected chi connectivity index (χ1v) is 7.06. The Morgan fingerprint density at radius 3 is 2.48 bits per heavy atom. The van der Waals surface area contributed by atoms with Crippen molar-refractivity contribution >= 4 is 17.6 Å². The third-order valence-electron chi connectivity index (χ3n) is 4.36. The molecule has 0 spiro atoms. The van der Waals surface area contributed by atoms with Crippen LogP contribution in [0.4, 0.5) is 5.69 Å². The minimum absolute atomic E-state index is 0.142. The molecule has 1 aromatic rings. The number of carboxylic acid groups (broad SMARTS) is 1. The van der Waals surface area contributed by atoms with Crippen molar-refractivity contribution in [1.82, 2.24) is 0 Å². The van der Waals surface area contributed by atoms with Crippen LogP contribution < -0.4 is 5.32 Å². The Balaban J connectivity index is 2.12. The number of nitrogens with one attached hydrogen (secondary N) is 1. The van der Waals surface area contributed by atoms with Crippen molar-refractivity contribution in [3.05, 3.63) is 28.8 Å². The lowest BCUT2D eigenvalue weighted by Crippen LogP contribution is -2.42. The Bertz CT molecular complexity index is 570. The second-order valence-electron chi connectivity index (χ2n) is 5.74. The van der Waals surface area contributed by atoms with Crippen LogP contribution in [-0.2, 0) is 9.53 Å². The van der Waals surface area contributed by atoms with Crippen molar-refractivity contribution in [2.24, 2.45) is 0 Å². The summed E-state index contributed by atoms with van der Waals surface area (Å²) in [6.45, 7) is 3.60. The van der Waals surface area contributed by atoms with Gasteiger partial charge in [-0.05, 0) is 56.4 Å². The van der Waals surface area contributed by atoms with Gasteiger partial charge in [-0.1, -0.05) is 0 Å². The standard InChI is InChI=1S/C16H21NO4/c1-10-7-12(8-13(11(10)2)15(19)20)17-14(18)9-16(21-3)5-4-6-16/h7-8H,4-6,9H2,1-3H3,(H,17,18)(H,19,20). The number of carbonyl (C=O) groups excluding carboxylic acids is 1. The molecule has 2 N–H and O–H groups in total. The summed E-state index contributed by atoms with van der Waals surface area (Å²) in [4.78, 5) is 23.3. The lowest BCUT2D eigenvalue weighted by molar-refractivity contribution is -0.129. The number of rotatable bonds is 5. The van der Waals surface area contributed by atoms with Gasteiger partial charge in [0.1, 0.15) is 0 Å². The lowest BCUT2D eigenvalue weighted by atomic mass is 9.77. The Morgan fingerprint density at radius 1 is 1.33 bits per heavy atom. The summed E-state index contributed by atoms with van der Waals surface area (Å²) in [6.07, 6.45) is 3.17. The molecule has 0 unspecified atom stereocenters. The molecule has 1 fully saturated rings. The molecule has 1 aromatic carbocycles. The highest BCUT2D eigenvalue weighted by Gasteiger charge is 2.39. The molecular formula is C16H21NO4. The zero-order valence-corrected chi connectivity index (χ0v) is 12.7. The SMILES string of the molecule is COC1(CC(=O)Nc2cc(C)c(C)c(C(=O)O)c2)CCC1. The first kappa shape index (κ1) is 15.5. The molecule has 0 saturated heterocycles. The second kappa shape index (κ2) is 5.85. The van der Waals surface area contributed by atoms with Gasteiger partial charge in [-0.25, -0.2) is 4.79 Å². The van der Waals surface area contributed by atoms with Crippen LogP contribution in [0.3, 0.4) is 0 Å². The molecule has 1 amide bonds. The van der Waals surface area contributed by atoms with Crippen molar-refractivity contribution in [1.29, 1.82) is 0 Å². The number of aromatic carboxylic acids is 1. The molecule has 0 aliphatic heterocycles. The molecule has 1 saturated carbocycles. The molecule has 5 heteroatoms. The summed E-state index contributed by atoms with van der Waals surface area (Å²) in [7, 11) is 1.63. The van der Waals surface area contributed by atoms with Crippen LogP contribution in [0, 0.1) is 13.8 Å². The van der Waals surface area contributed by atoms with E-state index in [2.05, 4.69) is 5.32 Å². The molecule has 0 atom stereocenters. The Labute approximate surface area is 124 Å². The van der Waals surface area contributed by atoms with Gasteiger partial charge in [-0.2, -0.15) is 0 Å². The first-order valence-electron chi connectivity index (χ1n) is 7.06. The fourth-order valence-electron chi connectivity index (χ4n) is 2.68. The molecular weight excluding hydrogens is 270 g/mol. The van der Waals surface area contributed by atoms with Crippen LogP contribution in [0.2, 0.25) is 0 Å². The summed E-state index contributed by atoms with van der Waals surface area (Å²) >= 11 is 0. The number of anilines is 1. The summed E-state index contributed by atoms with van der Waals surface area (Å²) < 4.78 is 5.43. The van der Waals surface area contributed by atoms with Crippen LogP contribution in [0.25, 0.3) is 0 Å². The first-order chi connectivity index (χ1) is 9.87. The number of carbonyl (C=O) groups is 2. The molecule has 114 valence electrons. The maximum absolute atomic E-state index is 12.1. The highest BCUT2D eigenvalue weighted by Crippen LogP contribution is 2.38. The number of aryl methyl sites for hydroxylation is 1. The van der Waals surface area contributed by atoms with Crippen LogP contribution in [-0.4, -0.2) is 29.7 Å². The van der Waals surface area contributed by atoms with E-state index >= 15 is 0 Å². The molecule has 21 heavy (non-hydrogen) atoms. The normalized spacial score (nSPS) is 16.1. The number of amides is 1. The number of carboxylic acids is 1. The van der Waals surface area contributed by atoms with E-state index in [4.69, 9.17) is 4.74 Å². The van der Waals surface area contributed by atoms with Gasteiger partial charge in [0.15, 0.2) is 0 Å². The molecule has 1 aliphatic carbocycles. The predicted octanol–water partition coefficient (Wildman–Crippen LogP) is 2.90. The van der Waals surface area contributed by atoms with Crippen molar-refractivity contribution in [3.8, 4) is 0 Å².